The number of rotatable bonds is 3. The fourth-order valence-electron chi connectivity index (χ4n) is 2.24. The monoisotopic (exact) mass is 273 g/mol. The normalized spacial score (nSPS) is 18.2. The molecule has 104 valence electrons. The van der Waals surface area contributed by atoms with E-state index in [0.29, 0.717) is 30.0 Å². The summed E-state index contributed by atoms with van der Waals surface area (Å²) in [4.78, 5) is 27.4. The van der Waals surface area contributed by atoms with Crippen LogP contribution in [0.4, 0.5) is 5.69 Å². The highest BCUT2D eigenvalue weighted by atomic mass is 16.3. The van der Waals surface area contributed by atoms with Crippen LogP contribution in [-0.4, -0.2) is 22.8 Å². The Bertz CT molecular complexity index is 677. The van der Waals surface area contributed by atoms with Crippen molar-refractivity contribution in [1.29, 1.82) is 0 Å². The van der Waals surface area contributed by atoms with E-state index in [4.69, 9.17) is 4.42 Å². The molecule has 6 nitrogen and oxygen atoms in total. The minimum absolute atomic E-state index is 0.0790. The molecule has 6 heteroatoms. The average Bonchev–Trinajstić information content (AvgIpc) is 3.03. The molecule has 0 spiro atoms. The Balaban J connectivity index is 1.76. The predicted molar refractivity (Wildman–Crippen MR) is 73.2 cm³/mol. The van der Waals surface area contributed by atoms with Crippen molar-refractivity contribution in [2.24, 2.45) is 0 Å². The standard InChI is InChI=1S/C14H15N3O3/c1-2-13-17-10-7-8(3-5-11(10)20-13)15-14(19)9-4-6-12(18)16-9/h3,5,7,9H,2,4,6H2,1H3,(H,15,19)(H,16,18). The molecule has 2 N–H and O–H groups in total. The molecule has 0 bridgehead atoms. The SMILES string of the molecule is CCc1nc2cc(NC(=O)C3CCC(=O)N3)ccc2o1. The molecule has 1 fully saturated rings. The van der Waals surface area contributed by atoms with E-state index in [9.17, 15) is 9.59 Å². The number of aryl methyl sites for hydroxylation is 1. The molecule has 20 heavy (non-hydrogen) atoms. The molecule has 0 aliphatic carbocycles. The van der Waals surface area contributed by atoms with Crippen molar-refractivity contribution < 1.29 is 14.0 Å². The van der Waals surface area contributed by atoms with Gasteiger partial charge in [0, 0.05) is 18.5 Å². The van der Waals surface area contributed by atoms with Gasteiger partial charge >= 0.3 is 0 Å². The summed E-state index contributed by atoms with van der Waals surface area (Å²) in [5.41, 5.74) is 2.07. The van der Waals surface area contributed by atoms with Gasteiger partial charge in [-0.3, -0.25) is 9.59 Å². The summed E-state index contributed by atoms with van der Waals surface area (Å²) in [6, 6.07) is 4.88. The number of carbonyl (C=O) groups excluding carboxylic acids is 2. The Kier molecular flexibility index (Phi) is 3.14. The third-order valence-electron chi connectivity index (χ3n) is 3.31. The number of anilines is 1. The van der Waals surface area contributed by atoms with Crippen molar-refractivity contribution in [3.05, 3.63) is 24.1 Å². The lowest BCUT2D eigenvalue weighted by Gasteiger charge is -2.10. The van der Waals surface area contributed by atoms with Gasteiger partial charge in [0.05, 0.1) is 0 Å². The van der Waals surface area contributed by atoms with E-state index in [2.05, 4.69) is 15.6 Å². The lowest BCUT2D eigenvalue weighted by Crippen LogP contribution is -2.37. The second kappa shape index (κ2) is 4.96. The molecule has 1 saturated heterocycles. The van der Waals surface area contributed by atoms with E-state index in [0.717, 1.165) is 11.9 Å². The van der Waals surface area contributed by atoms with Crippen LogP contribution in [0.2, 0.25) is 0 Å². The van der Waals surface area contributed by atoms with Crippen LogP contribution < -0.4 is 10.6 Å². The van der Waals surface area contributed by atoms with Crippen LogP contribution in [0.25, 0.3) is 11.1 Å². The van der Waals surface area contributed by atoms with E-state index in [1.807, 2.05) is 6.92 Å². The van der Waals surface area contributed by atoms with Crippen LogP contribution in [0, 0.1) is 0 Å². The second-order valence-electron chi connectivity index (χ2n) is 4.79. The molecule has 1 aliphatic rings. The minimum Gasteiger partial charge on any atom is -0.441 e. The van der Waals surface area contributed by atoms with Gasteiger partial charge < -0.3 is 15.1 Å². The quantitative estimate of drug-likeness (QED) is 0.889. The molecule has 1 aromatic carbocycles. The molecule has 0 radical (unpaired) electrons. The Morgan fingerprint density at radius 3 is 3.10 bits per heavy atom. The Morgan fingerprint density at radius 2 is 2.40 bits per heavy atom. The highest BCUT2D eigenvalue weighted by Crippen LogP contribution is 2.21. The van der Waals surface area contributed by atoms with Gasteiger partial charge in [0.15, 0.2) is 11.5 Å². The van der Waals surface area contributed by atoms with Crippen molar-refractivity contribution in [1.82, 2.24) is 10.3 Å². The smallest absolute Gasteiger partial charge is 0.246 e. The zero-order chi connectivity index (χ0) is 14.1. The van der Waals surface area contributed by atoms with Crippen LogP contribution in [0.15, 0.2) is 22.6 Å². The van der Waals surface area contributed by atoms with E-state index < -0.39 is 6.04 Å². The van der Waals surface area contributed by atoms with Crippen molar-refractivity contribution in [3.63, 3.8) is 0 Å². The average molecular weight is 273 g/mol. The van der Waals surface area contributed by atoms with Crippen molar-refractivity contribution >= 4 is 28.6 Å². The van der Waals surface area contributed by atoms with Gasteiger partial charge in [-0.05, 0) is 24.6 Å². The summed E-state index contributed by atoms with van der Waals surface area (Å²) in [7, 11) is 0. The molecule has 2 amide bonds. The maximum absolute atomic E-state index is 12.0. The zero-order valence-electron chi connectivity index (χ0n) is 11.1. The molecule has 3 rings (SSSR count). The molecular formula is C14H15N3O3. The minimum atomic E-state index is -0.443. The van der Waals surface area contributed by atoms with Crippen LogP contribution >= 0.6 is 0 Å². The summed E-state index contributed by atoms with van der Waals surface area (Å²) >= 11 is 0. The number of nitrogens with one attached hydrogen (secondary N) is 2. The summed E-state index contributed by atoms with van der Waals surface area (Å²) < 4.78 is 5.51. The number of benzene rings is 1. The van der Waals surface area contributed by atoms with Crippen molar-refractivity contribution in [2.75, 3.05) is 5.32 Å². The van der Waals surface area contributed by atoms with Gasteiger partial charge in [-0.25, -0.2) is 4.98 Å². The number of aromatic nitrogens is 1. The van der Waals surface area contributed by atoms with Crippen LogP contribution in [-0.2, 0) is 16.0 Å². The predicted octanol–water partition coefficient (Wildman–Crippen LogP) is 1.61. The fraction of sp³-hybridized carbons (Fsp3) is 0.357. The van der Waals surface area contributed by atoms with E-state index >= 15 is 0 Å². The first-order valence-electron chi connectivity index (χ1n) is 6.65. The maximum atomic E-state index is 12.0. The molecule has 2 aromatic rings. The van der Waals surface area contributed by atoms with Crippen LogP contribution in [0.3, 0.4) is 0 Å². The lowest BCUT2D eigenvalue weighted by molar-refractivity contribution is -0.122. The fourth-order valence-corrected chi connectivity index (χ4v) is 2.24. The third kappa shape index (κ3) is 2.36. The molecule has 1 unspecified atom stereocenters. The Labute approximate surface area is 115 Å². The van der Waals surface area contributed by atoms with E-state index in [-0.39, 0.29) is 11.8 Å². The van der Waals surface area contributed by atoms with Gasteiger partial charge in [0.1, 0.15) is 11.6 Å². The lowest BCUT2D eigenvalue weighted by atomic mass is 10.2. The van der Waals surface area contributed by atoms with E-state index in [1.54, 1.807) is 18.2 Å². The Hall–Kier alpha value is -2.37. The Morgan fingerprint density at radius 1 is 1.55 bits per heavy atom. The van der Waals surface area contributed by atoms with Gasteiger partial charge in [-0.15, -0.1) is 0 Å². The molecule has 1 aliphatic heterocycles. The summed E-state index contributed by atoms with van der Waals surface area (Å²) in [6.45, 7) is 1.97. The summed E-state index contributed by atoms with van der Waals surface area (Å²) in [6.07, 6.45) is 1.67. The summed E-state index contributed by atoms with van der Waals surface area (Å²) in [5.74, 6) is 0.394. The van der Waals surface area contributed by atoms with Gasteiger partial charge in [-0.1, -0.05) is 6.92 Å². The second-order valence-corrected chi connectivity index (χ2v) is 4.79. The number of carbonyl (C=O) groups is 2. The molecule has 1 atom stereocenters. The van der Waals surface area contributed by atoms with Gasteiger partial charge in [-0.2, -0.15) is 0 Å². The summed E-state index contributed by atoms with van der Waals surface area (Å²) in [5, 5.41) is 5.43. The van der Waals surface area contributed by atoms with Crippen molar-refractivity contribution in [2.45, 2.75) is 32.2 Å². The van der Waals surface area contributed by atoms with Crippen molar-refractivity contribution in [3.8, 4) is 0 Å². The molecule has 2 heterocycles. The van der Waals surface area contributed by atoms with Gasteiger partial charge in [0.25, 0.3) is 0 Å². The first-order valence-corrected chi connectivity index (χ1v) is 6.65. The number of hydrogen-bond donors (Lipinski definition) is 2. The highest BCUT2D eigenvalue weighted by molar-refractivity contribution is 5.99. The van der Waals surface area contributed by atoms with Gasteiger partial charge in [0.2, 0.25) is 11.8 Å². The largest absolute Gasteiger partial charge is 0.441 e. The maximum Gasteiger partial charge on any atom is 0.246 e. The van der Waals surface area contributed by atoms with Crippen LogP contribution in [0.1, 0.15) is 25.7 Å². The zero-order valence-corrected chi connectivity index (χ0v) is 11.1. The molecule has 1 aromatic heterocycles. The number of hydrogen-bond acceptors (Lipinski definition) is 4. The number of nitrogens with zero attached hydrogens (tertiary/aromatic N) is 1. The first-order chi connectivity index (χ1) is 9.65. The molecular weight excluding hydrogens is 258 g/mol. The third-order valence-corrected chi connectivity index (χ3v) is 3.31. The molecule has 0 saturated carbocycles. The first kappa shape index (κ1) is 12.7. The number of fused-ring (bicyclic) bond motifs is 1. The number of oxazole rings is 1. The van der Waals surface area contributed by atoms with E-state index in [1.165, 1.54) is 0 Å². The topological polar surface area (TPSA) is 84.2 Å². The number of amides is 2. The van der Waals surface area contributed by atoms with Crippen LogP contribution in [0.5, 0.6) is 0 Å². The highest BCUT2D eigenvalue weighted by Gasteiger charge is 2.27.